The van der Waals surface area contributed by atoms with Crippen molar-refractivity contribution in [1.82, 2.24) is 29.4 Å². The first-order chi connectivity index (χ1) is 46.3. The fourth-order valence-electron chi connectivity index (χ4n) is 14.1. The minimum Gasteiger partial charge on any atom is -0.465 e. The number of unbranched alkanes of at least 4 members (excludes halogenated alkanes) is 2. The fourth-order valence-corrected chi connectivity index (χ4v) is 15.2. The van der Waals surface area contributed by atoms with Crippen LogP contribution in [0, 0.1) is 12.7 Å². The molecule has 1 spiro atoms. The van der Waals surface area contributed by atoms with Gasteiger partial charge in [-0.2, -0.15) is 26.3 Å². The standard InChI is InChI=1S/C73H85F7N8O8S/c1-50-42-63(81-32-14-6-9-22-64(89)83(3)40-41-85-35-27-58(28-36-85)88(69(93)94)61-21-13-11-19-59(61)51-16-7-5-8-17-51)97-66(50)68(92)84(4)34-15-33-82(2)65(90)47-95-62-45-52-18-10-12-20-60(52)70(62)29-37-86(38-30-70)39-31-71(54-23-25-57(74)26-24-54)48-87(49-96-71)67(91)53-43-55(72(75,76)77)46-56(44-53)73(78,79)80/h5,7-8,10-13,16-21,23-26,42-44,46,58,62,81H,6,9,14-15,22,27-41,45,47-49H2,1-4H3,(H,93,94)/t62-,71+/m0/s1. The lowest BCUT2D eigenvalue weighted by Crippen LogP contribution is -2.50. The van der Waals surface area contributed by atoms with Crippen LogP contribution in [-0.4, -0.2) is 183 Å². The summed E-state index contributed by atoms with van der Waals surface area (Å²) in [5.74, 6) is -1.81. The first kappa shape index (κ1) is 71.9. The number of hydrogen-bond acceptors (Lipinski definition) is 11. The number of para-hydroxylation sites is 1. The summed E-state index contributed by atoms with van der Waals surface area (Å²) in [6, 6.07) is 33.7. The summed E-state index contributed by atoms with van der Waals surface area (Å²) in [6.07, 6.45) is -4.52. The molecule has 1 aliphatic carbocycles. The third kappa shape index (κ3) is 17.3. The maximum atomic E-state index is 14.3. The van der Waals surface area contributed by atoms with Crippen LogP contribution in [0.15, 0.2) is 127 Å². The number of likely N-dealkylation sites (tertiary alicyclic amines) is 2. The number of nitrogens with zero attached hydrogens (tertiary/aromatic N) is 7. The minimum absolute atomic E-state index is 0.0288. The van der Waals surface area contributed by atoms with Crippen molar-refractivity contribution in [3.8, 4) is 11.1 Å². The molecule has 0 radical (unpaired) electrons. The summed E-state index contributed by atoms with van der Waals surface area (Å²) in [4.78, 5) is 79.8. The number of fused-ring (bicyclic) bond motifs is 2. The van der Waals surface area contributed by atoms with Gasteiger partial charge in [-0.1, -0.05) is 91.3 Å². The first-order valence-corrected chi connectivity index (χ1v) is 34.0. The molecule has 24 heteroatoms. The van der Waals surface area contributed by atoms with Gasteiger partial charge in [-0.25, -0.2) is 9.18 Å². The predicted octanol–water partition coefficient (Wildman–Crippen LogP) is 13.3. The summed E-state index contributed by atoms with van der Waals surface area (Å²) < 4.78 is 110. The van der Waals surface area contributed by atoms with Crippen LogP contribution in [0.25, 0.3) is 11.1 Å². The van der Waals surface area contributed by atoms with Gasteiger partial charge in [-0.05, 0) is 148 Å². The highest BCUT2D eigenvalue weighted by Gasteiger charge is 2.50. The van der Waals surface area contributed by atoms with Gasteiger partial charge in [-0.3, -0.25) is 24.1 Å². The second-order valence-corrected chi connectivity index (χ2v) is 27.2. The second-order valence-electron chi connectivity index (χ2n) is 26.2. The van der Waals surface area contributed by atoms with Gasteiger partial charge >= 0.3 is 18.4 Å². The smallest absolute Gasteiger partial charge is 0.416 e. The van der Waals surface area contributed by atoms with Crippen LogP contribution < -0.4 is 10.2 Å². The first-order valence-electron chi connectivity index (χ1n) is 33.2. The third-order valence-electron chi connectivity index (χ3n) is 19.8. The lowest BCUT2D eigenvalue weighted by molar-refractivity contribution is -0.143. The van der Waals surface area contributed by atoms with Crippen LogP contribution in [0.3, 0.4) is 0 Å². The molecule has 2 atom stereocenters. The van der Waals surface area contributed by atoms with E-state index in [0.717, 1.165) is 76.6 Å². The zero-order valence-electron chi connectivity index (χ0n) is 55.2. The van der Waals surface area contributed by atoms with Crippen molar-refractivity contribution in [3.63, 3.8) is 0 Å². The van der Waals surface area contributed by atoms with Crippen molar-refractivity contribution in [1.29, 1.82) is 0 Å². The second kappa shape index (κ2) is 31.3. The molecule has 4 heterocycles. The van der Waals surface area contributed by atoms with E-state index in [-0.39, 0.29) is 55.5 Å². The predicted molar refractivity (Wildman–Crippen MR) is 358 cm³/mol. The number of benzene rings is 5. The van der Waals surface area contributed by atoms with Crippen molar-refractivity contribution in [3.05, 3.63) is 177 Å². The van der Waals surface area contributed by atoms with Gasteiger partial charge in [0, 0.05) is 103 Å². The molecule has 5 aromatic carbocycles. The number of thiophene rings is 1. The summed E-state index contributed by atoms with van der Waals surface area (Å²) in [6.45, 7) is 7.05. The number of likely N-dealkylation sites (N-methyl/N-ethyl adjacent to an activating group) is 2. The largest absolute Gasteiger partial charge is 0.465 e. The molecule has 520 valence electrons. The Morgan fingerprint density at radius 2 is 1.35 bits per heavy atom. The Hall–Kier alpha value is -7.90. The summed E-state index contributed by atoms with van der Waals surface area (Å²) >= 11 is 1.41. The van der Waals surface area contributed by atoms with Crippen molar-refractivity contribution in [2.75, 3.05) is 117 Å². The number of carboxylic acid groups (broad SMARTS) is 1. The third-order valence-corrected chi connectivity index (χ3v) is 21.0. The lowest BCUT2D eigenvalue weighted by atomic mass is 9.72. The van der Waals surface area contributed by atoms with Crippen molar-refractivity contribution in [2.24, 2.45) is 0 Å². The SMILES string of the molecule is Cc1cc(NCCCCCC(=O)N(C)CCN2CCC(N(C(=O)O)c3ccccc3-c3ccccc3)CC2)sc1C(=O)N(C)CCCN(C)C(=O)CO[C@H]1Cc2ccccc2C12CCN(CC[C@]1(c3ccc(F)cc3)CN(C(=O)c3cc(C(F)(F)F)cc(C(F)(F)F)c3)CO1)CC2. The summed E-state index contributed by atoms with van der Waals surface area (Å²) in [7, 11) is 5.32. The zero-order chi connectivity index (χ0) is 69.2. The summed E-state index contributed by atoms with van der Waals surface area (Å²) in [5, 5.41) is 14.7. The molecule has 0 unspecified atom stereocenters. The van der Waals surface area contributed by atoms with Crippen LogP contribution in [0.1, 0.15) is 118 Å². The Morgan fingerprint density at radius 3 is 2.04 bits per heavy atom. The van der Waals surface area contributed by atoms with Crippen LogP contribution >= 0.6 is 11.3 Å². The van der Waals surface area contributed by atoms with Crippen molar-refractivity contribution < 1.29 is 69.3 Å². The molecule has 3 fully saturated rings. The molecule has 4 aliphatic rings. The molecular weight excluding hydrogens is 1280 g/mol. The van der Waals surface area contributed by atoms with E-state index in [1.165, 1.54) is 40.5 Å². The van der Waals surface area contributed by atoms with E-state index in [4.69, 9.17) is 9.47 Å². The van der Waals surface area contributed by atoms with Gasteiger partial charge < -0.3 is 49.3 Å². The minimum atomic E-state index is -5.15. The van der Waals surface area contributed by atoms with Crippen LogP contribution in [0.4, 0.5) is 46.2 Å². The average molecular weight is 1370 g/mol. The highest BCUT2D eigenvalue weighted by Crippen LogP contribution is 2.49. The van der Waals surface area contributed by atoms with E-state index in [0.29, 0.717) is 119 Å². The molecule has 5 amide bonds. The lowest BCUT2D eigenvalue weighted by Gasteiger charge is -2.44. The number of rotatable bonds is 26. The van der Waals surface area contributed by atoms with E-state index in [1.54, 1.807) is 28.8 Å². The zero-order valence-corrected chi connectivity index (χ0v) is 56.1. The van der Waals surface area contributed by atoms with E-state index in [1.807, 2.05) is 86.8 Å². The molecule has 16 nitrogen and oxygen atoms in total. The number of anilines is 2. The van der Waals surface area contributed by atoms with Crippen LogP contribution in [-0.2, 0) is 48.9 Å². The Morgan fingerprint density at radius 1 is 0.711 bits per heavy atom. The number of piperidine rings is 2. The number of amides is 5. The number of halogens is 7. The Bertz CT molecular complexity index is 3680. The number of alkyl halides is 6. The Labute approximate surface area is 565 Å². The molecule has 0 saturated carbocycles. The topological polar surface area (TPSA) is 159 Å². The summed E-state index contributed by atoms with van der Waals surface area (Å²) in [5.41, 5.74) is 0.516. The van der Waals surface area contributed by atoms with Crippen molar-refractivity contribution in [2.45, 2.75) is 113 Å². The highest BCUT2D eigenvalue weighted by atomic mass is 32.1. The normalized spacial score (nSPS) is 18.3. The van der Waals surface area contributed by atoms with E-state index >= 15 is 0 Å². The van der Waals surface area contributed by atoms with Crippen molar-refractivity contribution >= 4 is 51.7 Å². The van der Waals surface area contributed by atoms with Crippen LogP contribution in [0.2, 0.25) is 0 Å². The molecule has 6 aromatic rings. The Balaban J connectivity index is 0.626. The molecule has 10 rings (SSSR count). The van der Waals surface area contributed by atoms with Crippen LogP contribution in [0.5, 0.6) is 0 Å². The molecule has 2 N–H and O–H groups in total. The van der Waals surface area contributed by atoms with Gasteiger partial charge in [0.25, 0.3) is 11.8 Å². The molecule has 3 aliphatic heterocycles. The number of carbonyl (C=O) groups is 5. The van der Waals surface area contributed by atoms with Gasteiger partial charge in [0.15, 0.2) is 0 Å². The molecule has 3 saturated heterocycles. The highest BCUT2D eigenvalue weighted by molar-refractivity contribution is 7.18. The van der Waals surface area contributed by atoms with E-state index in [2.05, 4.69) is 27.2 Å². The van der Waals surface area contributed by atoms with E-state index in [9.17, 15) is 59.8 Å². The fraction of sp³-hybridized carbons (Fsp3) is 0.466. The quantitative estimate of drug-likeness (QED) is 0.0393. The van der Waals surface area contributed by atoms with Gasteiger partial charge in [0.05, 0.1) is 39.3 Å². The van der Waals surface area contributed by atoms with E-state index < -0.39 is 64.6 Å². The monoisotopic (exact) mass is 1370 g/mol. The number of nitrogens with one attached hydrogen (secondary N) is 1. The number of ether oxygens (including phenoxy) is 2. The average Bonchev–Trinajstić information content (AvgIpc) is 1.62. The van der Waals surface area contributed by atoms with Gasteiger partial charge in [0.2, 0.25) is 11.8 Å². The number of hydrogen-bond donors (Lipinski definition) is 2. The maximum Gasteiger partial charge on any atom is 0.416 e. The number of aryl methyl sites for hydroxylation is 1. The van der Waals surface area contributed by atoms with Gasteiger partial charge in [-0.15, -0.1) is 11.3 Å². The number of carbonyl (C=O) groups excluding carboxylic acids is 4. The Kier molecular flexibility index (Phi) is 23.2. The molecule has 97 heavy (non-hydrogen) atoms. The molecule has 0 bridgehead atoms. The van der Waals surface area contributed by atoms with Gasteiger partial charge in [0.1, 0.15) is 24.8 Å². The maximum absolute atomic E-state index is 14.3. The molecule has 1 aromatic heterocycles. The molecular formula is C73H85F7N8O8S.